The van der Waals surface area contributed by atoms with Gasteiger partial charge in [-0.3, -0.25) is 0 Å². The molecule has 5 nitrogen and oxygen atoms in total. The van der Waals surface area contributed by atoms with Crippen LogP contribution in [0.4, 0.5) is 0 Å². The molecule has 0 heterocycles. The van der Waals surface area contributed by atoms with Crippen LogP contribution < -0.4 is 9.47 Å². The van der Waals surface area contributed by atoms with E-state index in [1.807, 2.05) is 0 Å². The van der Waals surface area contributed by atoms with Gasteiger partial charge in [0.2, 0.25) is 0 Å². The van der Waals surface area contributed by atoms with E-state index in [4.69, 9.17) is 14.7 Å². The molecule has 6 heteroatoms. The highest BCUT2D eigenvalue weighted by atomic mass is 79.9. The molecule has 0 saturated carbocycles. The number of nitrogens with zero attached hydrogens (tertiary/aromatic N) is 1. The van der Waals surface area contributed by atoms with Gasteiger partial charge in [-0.2, -0.15) is 5.26 Å². The van der Waals surface area contributed by atoms with Gasteiger partial charge in [-0.15, -0.1) is 0 Å². The average Bonchev–Trinajstić information content (AvgIpc) is 2.44. The van der Waals surface area contributed by atoms with E-state index in [1.165, 1.54) is 27.4 Å². The van der Waals surface area contributed by atoms with Crippen LogP contribution in [0, 0.1) is 11.3 Å². The Bertz CT molecular complexity index is 560. The summed E-state index contributed by atoms with van der Waals surface area (Å²) in [5.74, 6) is 0.353. The molecule has 0 spiro atoms. The maximum absolute atomic E-state index is 11.4. The van der Waals surface area contributed by atoms with Gasteiger partial charge >= 0.3 is 5.97 Å². The quantitative estimate of drug-likeness (QED) is 0.483. The SMILES string of the molecule is COC(=O)/C(C#N)=C/c1cc(OC)c(OC)cc1Br. The highest BCUT2D eigenvalue weighted by Crippen LogP contribution is 2.34. The van der Waals surface area contributed by atoms with E-state index in [0.29, 0.717) is 21.5 Å². The minimum Gasteiger partial charge on any atom is -0.493 e. The van der Waals surface area contributed by atoms with Crippen LogP contribution in [0.25, 0.3) is 6.08 Å². The molecule has 0 amide bonds. The van der Waals surface area contributed by atoms with Gasteiger partial charge < -0.3 is 14.2 Å². The van der Waals surface area contributed by atoms with Crippen LogP contribution in [0.15, 0.2) is 22.2 Å². The van der Waals surface area contributed by atoms with Crippen LogP contribution in [0.3, 0.4) is 0 Å². The molecule has 1 rings (SSSR count). The molecule has 0 atom stereocenters. The zero-order valence-corrected chi connectivity index (χ0v) is 12.3. The van der Waals surface area contributed by atoms with E-state index in [1.54, 1.807) is 18.2 Å². The smallest absolute Gasteiger partial charge is 0.348 e. The Kier molecular flexibility index (Phi) is 5.39. The summed E-state index contributed by atoms with van der Waals surface area (Å²) in [7, 11) is 4.25. The van der Waals surface area contributed by atoms with Gasteiger partial charge in [-0.1, -0.05) is 15.9 Å². The molecule has 0 saturated heterocycles. The zero-order chi connectivity index (χ0) is 14.4. The van der Waals surface area contributed by atoms with Gasteiger partial charge in [0.15, 0.2) is 11.5 Å². The number of hydrogen-bond donors (Lipinski definition) is 0. The van der Waals surface area contributed by atoms with Gasteiger partial charge in [0.1, 0.15) is 11.6 Å². The summed E-state index contributed by atoms with van der Waals surface area (Å²) in [6.45, 7) is 0. The van der Waals surface area contributed by atoms with Crippen molar-refractivity contribution in [1.82, 2.24) is 0 Å². The first-order valence-electron chi connectivity index (χ1n) is 5.19. The van der Waals surface area contributed by atoms with Crippen LogP contribution in [-0.4, -0.2) is 27.3 Å². The standard InChI is InChI=1S/C13H12BrNO4/c1-17-11-5-8(10(14)6-12(11)18-2)4-9(7-15)13(16)19-3/h4-6H,1-3H3/b9-4+. The van der Waals surface area contributed by atoms with Crippen molar-refractivity contribution in [2.75, 3.05) is 21.3 Å². The molecule has 0 aliphatic carbocycles. The summed E-state index contributed by atoms with van der Waals surface area (Å²) in [6, 6.07) is 5.14. The molecule has 100 valence electrons. The minimum absolute atomic E-state index is 0.101. The molecule has 0 aliphatic rings. The van der Waals surface area contributed by atoms with Crippen LogP contribution in [0.2, 0.25) is 0 Å². The maximum Gasteiger partial charge on any atom is 0.348 e. The molecule has 0 aromatic heterocycles. The molecular weight excluding hydrogens is 314 g/mol. The molecule has 0 bridgehead atoms. The van der Waals surface area contributed by atoms with Crippen LogP contribution in [0.1, 0.15) is 5.56 Å². The molecule has 0 unspecified atom stereocenters. The average molecular weight is 326 g/mol. The molecule has 1 aromatic rings. The lowest BCUT2D eigenvalue weighted by atomic mass is 10.1. The lowest BCUT2D eigenvalue weighted by molar-refractivity contribution is -0.135. The number of methoxy groups -OCH3 is 3. The third kappa shape index (κ3) is 3.48. The van der Waals surface area contributed by atoms with Crippen LogP contribution >= 0.6 is 15.9 Å². The van der Waals surface area contributed by atoms with Crippen molar-refractivity contribution in [1.29, 1.82) is 5.26 Å². The number of nitriles is 1. The highest BCUT2D eigenvalue weighted by Gasteiger charge is 2.12. The predicted octanol–water partition coefficient (Wildman–Crippen LogP) is 2.55. The second-order valence-corrected chi connectivity index (χ2v) is 4.24. The van der Waals surface area contributed by atoms with E-state index in [9.17, 15) is 4.79 Å². The summed E-state index contributed by atoms with van der Waals surface area (Å²) < 4.78 is 15.5. The largest absolute Gasteiger partial charge is 0.493 e. The number of rotatable bonds is 4. The summed E-state index contributed by atoms with van der Waals surface area (Å²) in [6.07, 6.45) is 1.41. The third-order valence-electron chi connectivity index (χ3n) is 2.33. The van der Waals surface area contributed by atoms with Crippen molar-refractivity contribution in [2.24, 2.45) is 0 Å². The number of carbonyl (C=O) groups is 1. The molecule has 0 radical (unpaired) electrons. The van der Waals surface area contributed by atoms with Gasteiger partial charge in [-0.25, -0.2) is 4.79 Å². The van der Waals surface area contributed by atoms with Gasteiger partial charge in [0.05, 0.1) is 21.3 Å². The zero-order valence-electron chi connectivity index (χ0n) is 10.7. The van der Waals surface area contributed by atoms with Crippen molar-refractivity contribution < 1.29 is 19.0 Å². The summed E-state index contributed by atoms with van der Waals surface area (Å²) in [4.78, 5) is 11.4. The van der Waals surface area contributed by atoms with E-state index < -0.39 is 5.97 Å². The molecule has 0 N–H and O–H groups in total. The van der Waals surface area contributed by atoms with Gasteiger partial charge in [-0.05, 0) is 23.8 Å². The second-order valence-electron chi connectivity index (χ2n) is 3.39. The molecular formula is C13H12BrNO4. The second kappa shape index (κ2) is 6.81. The lowest BCUT2D eigenvalue weighted by Gasteiger charge is -2.10. The number of carbonyl (C=O) groups excluding carboxylic acids is 1. The first kappa shape index (κ1) is 15.1. The fraction of sp³-hybridized carbons (Fsp3) is 0.231. The van der Waals surface area contributed by atoms with Crippen molar-refractivity contribution in [2.45, 2.75) is 0 Å². The first-order valence-corrected chi connectivity index (χ1v) is 5.98. The number of esters is 1. The van der Waals surface area contributed by atoms with E-state index >= 15 is 0 Å². The van der Waals surface area contributed by atoms with Gasteiger partial charge in [0, 0.05) is 4.47 Å². The number of halogens is 1. The van der Waals surface area contributed by atoms with Crippen molar-refractivity contribution in [3.05, 3.63) is 27.7 Å². The van der Waals surface area contributed by atoms with Crippen LogP contribution in [0.5, 0.6) is 11.5 Å². The van der Waals surface area contributed by atoms with Crippen molar-refractivity contribution in [3.8, 4) is 17.6 Å². The lowest BCUT2D eigenvalue weighted by Crippen LogP contribution is -2.02. The Labute approximate surface area is 119 Å². The van der Waals surface area contributed by atoms with Crippen molar-refractivity contribution >= 4 is 28.0 Å². The molecule has 1 aromatic carbocycles. The fourth-order valence-corrected chi connectivity index (χ4v) is 1.82. The normalized spacial score (nSPS) is 10.6. The Hall–Kier alpha value is -2.00. The van der Waals surface area contributed by atoms with E-state index in [-0.39, 0.29) is 5.57 Å². The first-order chi connectivity index (χ1) is 9.07. The summed E-state index contributed by atoms with van der Waals surface area (Å²) in [5.41, 5.74) is 0.509. The van der Waals surface area contributed by atoms with Crippen LogP contribution in [-0.2, 0) is 9.53 Å². The summed E-state index contributed by atoms with van der Waals surface area (Å²) in [5, 5.41) is 8.92. The number of ether oxygens (including phenoxy) is 3. The topological polar surface area (TPSA) is 68.6 Å². The minimum atomic E-state index is -0.691. The predicted molar refractivity (Wildman–Crippen MR) is 72.9 cm³/mol. The van der Waals surface area contributed by atoms with E-state index in [0.717, 1.165) is 0 Å². The molecule has 19 heavy (non-hydrogen) atoms. The monoisotopic (exact) mass is 325 g/mol. The Morgan fingerprint density at radius 1 is 1.26 bits per heavy atom. The maximum atomic E-state index is 11.4. The number of benzene rings is 1. The Balaban J connectivity index is 3.32. The Morgan fingerprint density at radius 2 is 1.84 bits per heavy atom. The van der Waals surface area contributed by atoms with Gasteiger partial charge in [0.25, 0.3) is 0 Å². The molecule has 0 fully saturated rings. The number of hydrogen-bond acceptors (Lipinski definition) is 5. The van der Waals surface area contributed by atoms with E-state index in [2.05, 4.69) is 20.7 Å². The highest BCUT2D eigenvalue weighted by molar-refractivity contribution is 9.10. The third-order valence-corrected chi connectivity index (χ3v) is 3.02. The fourth-order valence-electron chi connectivity index (χ4n) is 1.38. The van der Waals surface area contributed by atoms with Crippen molar-refractivity contribution in [3.63, 3.8) is 0 Å². The summed E-state index contributed by atoms with van der Waals surface area (Å²) >= 11 is 3.34. The Morgan fingerprint density at radius 3 is 2.32 bits per heavy atom. The molecule has 0 aliphatic heterocycles.